The van der Waals surface area contributed by atoms with Crippen LogP contribution in [0.3, 0.4) is 0 Å². The molecule has 0 saturated heterocycles. The SMILES string of the molecule is COC(OC)c1ccnc(-c2ccc(Br)s2)n1. The van der Waals surface area contributed by atoms with Crippen LogP contribution in [0.25, 0.3) is 10.7 Å². The highest BCUT2D eigenvalue weighted by Gasteiger charge is 2.13. The van der Waals surface area contributed by atoms with Crippen LogP contribution in [0, 0.1) is 0 Å². The summed E-state index contributed by atoms with van der Waals surface area (Å²) in [7, 11) is 3.16. The highest BCUT2D eigenvalue weighted by molar-refractivity contribution is 9.11. The summed E-state index contributed by atoms with van der Waals surface area (Å²) in [5.41, 5.74) is 0.713. The second kappa shape index (κ2) is 5.68. The first-order valence-electron chi connectivity index (χ1n) is 4.89. The normalized spacial score (nSPS) is 11.1. The van der Waals surface area contributed by atoms with Crippen molar-refractivity contribution in [2.24, 2.45) is 0 Å². The molecule has 0 atom stereocenters. The molecule has 6 heteroatoms. The van der Waals surface area contributed by atoms with Crippen LogP contribution in [0.2, 0.25) is 0 Å². The zero-order valence-electron chi connectivity index (χ0n) is 9.38. The average molecular weight is 315 g/mol. The molecule has 0 spiro atoms. The van der Waals surface area contributed by atoms with Crippen molar-refractivity contribution in [3.63, 3.8) is 0 Å². The van der Waals surface area contributed by atoms with E-state index in [-0.39, 0.29) is 0 Å². The fraction of sp³-hybridized carbons (Fsp3) is 0.273. The van der Waals surface area contributed by atoms with Gasteiger partial charge in [-0.1, -0.05) is 0 Å². The number of thiophene rings is 1. The van der Waals surface area contributed by atoms with Crippen molar-refractivity contribution in [3.05, 3.63) is 33.9 Å². The lowest BCUT2D eigenvalue weighted by Gasteiger charge is -2.12. The van der Waals surface area contributed by atoms with E-state index in [9.17, 15) is 0 Å². The van der Waals surface area contributed by atoms with Crippen molar-refractivity contribution in [2.75, 3.05) is 14.2 Å². The molecule has 0 amide bonds. The van der Waals surface area contributed by atoms with Crippen LogP contribution >= 0.6 is 27.3 Å². The summed E-state index contributed by atoms with van der Waals surface area (Å²) in [6.45, 7) is 0. The minimum Gasteiger partial charge on any atom is -0.350 e. The van der Waals surface area contributed by atoms with Gasteiger partial charge in [0.2, 0.25) is 6.29 Å². The lowest BCUT2D eigenvalue weighted by Crippen LogP contribution is -2.06. The van der Waals surface area contributed by atoms with E-state index in [1.54, 1.807) is 37.8 Å². The number of methoxy groups -OCH3 is 2. The van der Waals surface area contributed by atoms with Crippen molar-refractivity contribution in [2.45, 2.75) is 6.29 Å². The Hall–Kier alpha value is -0.820. The molecule has 0 bridgehead atoms. The summed E-state index contributed by atoms with van der Waals surface area (Å²) in [4.78, 5) is 9.67. The van der Waals surface area contributed by atoms with Gasteiger partial charge in [0.25, 0.3) is 0 Å². The van der Waals surface area contributed by atoms with Gasteiger partial charge in [-0.05, 0) is 34.1 Å². The Morgan fingerprint density at radius 1 is 1.24 bits per heavy atom. The van der Waals surface area contributed by atoms with E-state index in [4.69, 9.17) is 9.47 Å². The Labute approximate surface area is 112 Å². The molecule has 0 aliphatic heterocycles. The Bertz CT molecular complexity index is 500. The third-order valence-electron chi connectivity index (χ3n) is 2.14. The van der Waals surface area contributed by atoms with Gasteiger partial charge in [0.1, 0.15) is 5.69 Å². The Morgan fingerprint density at radius 3 is 2.59 bits per heavy atom. The number of hydrogen-bond donors (Lipinski definition) is 0. The maximum absolute atomic E-state index is 5.16. The quantitative estimate of drug-likeness (QED) is 0.812. The van der Waals surface area contributed by atoms with E-state index in [2.05, 4.69) is 25.9 Å². The third-order valence-corrected chi connectivity index (χ3v) is 3.76. The number of hydrogen-bond acceptors (Lipinski definition) is 5. The molecule has 0 N–H and O–H groups in total. The molecule has 2 heterocycles. The Kier molecular flexibility index (Phi) is 4.22. The van der Waals surface area contributed by atoms with Crippen molar-refractivity contribution < 1.29 is 9.47 Å². The van der Waals surface area contributed by atoms with Crippen molar-refractivity contribution >= 4 is 27.3 Å². The molecule has 2 rings (SSSR count). The zero-order valence-corrected chi connectivity index (χ0v) is 11.8. The van der Waals surface area contributed by atoms with Gasteiger partial charge in [-0.3, -0.25) is 0 Å². The summed E-state index contributed by atoms with van der Waals surface area (Å²) in [6, 6.07) is 5.73. The van der Waals surface area contributed by atoms with Crippen LogP contribution in [-0.4, -0.2) is 24.2 Å². The van der Waals surface area contributed by atoms with Gasteiger partial charge in [-0.2, -0.15) is 0 Å². The van der Waals surface area contributed by atoms with E-state index in [1.807, 2.05) is 12.1 Å². The molecule has 0 aliphatic rings. The first-order chi connectivity index (χ1) is 8.24. The number of aromatic nitrogens is 2. The lowest BCUT2D eigenvalue weighted by atomic mass is 10.3. The maximum atomic E-state index is 5.16. The topological polar surface area (TPSA) is 44.2 Å². The lowest BCUT2D eigenvalue weighted by molar-refractivity contribution is -0.108. The minimum atomic E-state index is -0.458. The van der Waals surface area contributed by atoms with Crippen LogP contribution in [0.1, 0.15) is 12.0 Å². The van der Waals surface area contributed by atoms with Crippen LogP contribution in [0.5, 0.6) is 0 Å². The molecule has 0 unspecified atom stereocenters. The summed E-state index contributed by atoms with van der Waals surface area (Å²) in [6.07, 6.45) is 1.25. The fourth-order valence-corrected chi connectivity index (χ4v) is 2.72. The molecule has 0 aliphatic carbocycles. The van der Waals surface area contributed by atoms with E-state index < -0.39 is 6.29 Å². The highest BCUT2D eigenvalue weighted by atomic mass is 79.9. The largest absolute Gasteiger partial charge is 0.350 e. The number of ether oxygens (including phenoxy) is 2. The molecular weight excluding hydrogens is 304 g/mol. The smallest absolute Gasteiger partial charge is 0.200 e. The van der Waals surface area contributed by atoms with Crippen molar-refractivity contribution in [1.82, 2.24) is 9.97 Å². The zero-order chi connectivity index (χ0) is 12.3. The van der Waals surface area contributed by atoms with Gasteiger partial charge in [0, 0.05) is 20.4 Å². The molecule has 2 aromatic heterocycles. The van der Waals surface area contributed by atoms with Crippen LogP contribution in [-0.2, 0) is 9.47 Å². The molecule has 90 valence electrons. The standard InChI is InChI=1S/C11H11BrN2O2S/c1-15-11(16-2)7-5-6-13-10(14-7)8-3-4-9(12)17-8/h3-6,11H,1-2H3. The number of nitrogens with zero attached hydrogens (tertiary/aromatic N) is 2. The highest BCUT2D eigenvalue weighted by Crippen LogP contribution is 2.29. The van der Waals surface area contributed by atoms with E-state index in [1.165, 1.54) is 0 Å². The van der Waals surface area contributed by atoms with Gasteiger partial charge in [0.05, 0.1) is 8.66 Å². The first kappa shape index (κ1) is 12.6. The predicted molar refractivity (Wildman–Crippen MR) is 69.8 cm³/mol. The van der Waals surface area contributed by atoms with Gasteiger partial charge >= 0.3 is 0 Å². The molecule has 0 fully saturated rings. The number of rotatable bonds is 4. The van der Waals surface area contributed by atoms with Gasteiger partial charge in [-0.25, -0.2) is 9.97 Å². The summed E-state index contributed by atoms with van der Waals surface area (Å²) in [5, 5.41) is 0. The molecule has 4 nitrogen and oxygen atoms in total. The predicted octanol–water partition coefficient (Wildman–Crippen LogP) is 3.26. The third kappa shape index (κ3) is 2.90. The second-order valence-electron chi connectivity index (χ2n) is 3.21. The summed E-state index contributed by atoms with van der Waals surface area (Å²) < 4.78 is 11.4. The first-order valence-corrected chi connectivity index (χ1v) is 6.50. The monoisotopic (exact) mass is 314 g/mol. The molecular formula is C11H11BrN2O2S. The molecule has 2 aromatic rings. The fourth-order valence-electron chi connectivity index (χ4n) is 1.39. The van der Waals surface area contributed by atoms with Crippen LogP contribution in [0.4, 0.5) is 0 Å². The molecule has 0 aromatic carbocycles. The van der Waals surface area contributed by atoms with E-state index >= 15 is 0 Å². The van der Waals surface area contributed by atoms with Crippen LogP contribution < -0.4 is 0 Å². The molecule has 17 heavy (non-hydrogen) atoms. The van der Waals surface area contributed by atoms with E-state index in [0.717, 1.165) is 8.66 Å². The van der Waals surface area contributed by atoms with E-state index in [0.29, 0.717) is 11.5 Å². The molecule has 0 radical (unpaired) electrons. The second-order valence-corrected chi connectivity index (χ2v) is 5.68. The van der Waals surface area contributed by atoms with Crippen molar-refractivity contribution in [1.29, 1.82) is 0 Å². The average Bonchev–Trinajstić information content (AvgIpc) is 2.78. The number of halogens is 1. The van der Waals surface area contributed by atoms with Crippen molar-refractivity contribution in [3.8, 4) is 10.7 Å². The van der Waals surface area contributed by atoms with Crippen LogP contribution in [0.15, 0.2) is 28.2 Å². The maximum Gasteiger partial charge on any atom is 0.200 e. The summed E-state index contributed by atoms with van der Waals surface area (Å²) >= 11 is 5.00. The van der Waals surface area contributed by atoms with Gasteiger partial charge in [0.15, 0.2) is 5.82 Å². The Balaban J connectivity index is 2.34. The Morgan fingerprint density at radius 2 is 2.00 bits per heavy atom. The molecule has 0 saturated carbocycles. The minimum absolute atomic E-state index is 0.458. The van der Waals surface area contributed by atoms with Gasteiger partial charge in [-0.15, -0.1) is 11.3 Å². The van der Waals surface area contributed by atoms with Gasteiger partial charge < -0.3 is 9.47 Å². The summed E-state index contributed by atoms with van der Waals surface area (Å²) in [5.74, 6) is 0.678.